The number of hydrogen-bond donors (Lipinski definition) is 0. The molecule has 3 heterocycles. The fourth-order valence-electron chi connectivity index (χ4n) is 8.06. The van der Waals surface area contributed by atoms with Crippen LogP contribution in [0.15, 0.2) is 146 Å². The summed E-state index contributed by atoms with van der Waals surface area (Å²) in [5, 5.41) is 7.24. The van der Waals surface area contributed by atoms with E-state index in [2.05, 4.69) is 123 Å². The largest absolute Gasteiger partial charge is 0.497 e. The first-order chi connectivity index (χ1) is 25.2. The molecule has 0 radical (unpaired) electrons. The molecule has 7 aromatic carbocycles. The molecule has 51 heavy (non-hydrogen) atoms. The summed E-state index contributed by atoms with van der Waals surface area (Å²) < 4.78 is 23.7. The van der Waals surface area contributed by atoms with Gasteiger partial charge in [0.2, 0.25) is 0 Å². The molecule has 0 unspecified atom stereocenters. The maximum Gasteiger partial charge on any atom is 0.119 e. The summed E-state index contributed by atoms with van der Waals surface area (Å²) >= 11 is 0. The van der Waals surface area contributed by atoms with E-state index in [1.54, 1.807) is 21.3 Å². The molecule has 0 aliphatic carbocycles. The highest BCUT2D eigenvalue weighted by atomic mass is 16.5. The third kappa shape index (κ3) is 4.23. The SMILES string of the molecule is COc1ccc(-n2c3ccccc3c3cc4c(cc32)c2c3c5ccccc5n(-c5ccc(OC)cc5)c3ccc2n4-c2ccc(OC)cc2)cc1. The molecular weight excluding hydrogens is 631 g/mol. The van der Waals surface area contributed by atoms with Crippen molar-refractivity contribution < 1.29 is 14.2 Å². The number of benzene rings is 7. The molecular formula is C45H33N3O3. The van der Waals surface area contributed by atoms with E-state index in [1.807, 2.05) is 36.4 Å². The van der Waals surface area contributed by atoms with E-state index in [0.29, 0.717) is 0 Å². The van der Waals surface area contributed by atoms with Crippen LogP contribution in [0, 0.1) is 0 Å². The van der Waals surface area contributed by atoms with Gasteiger partial charge in [0.25, 0.3) is 0 Å². The third-order valence-corrected chi connectivity index (χ3v) is 10.3. The Labute approximate surface area is 293 Å². The van der Waals surface area contributed by atoms with Crippen LogP contribution in [0.3, 0.4) is 0 Å². The van der Waals surface area contributed by atoms with Crippen LogP contribution >= 0.6 is 0 Å². The Kier molecular flexibility index (Phi) is 6.42. The lowest BCUT2D eigenvalue weighted by molar-refractivity contribution is 0.414. The first kappa shape index (κ1) is 29.3. The molecule has 0 N–H and O–H groups in total. The van der Waals surface area contributed by atoms with Crippen molar-refractivity contribution in [2.75, 3.05) is 21.3 Å². The molecule has 0 saturated heterocycles. The van der Waals surface area contributed by atoms with E-state index in [9.17, 15) is 0 Å². The van der Waals surface area contributed by atoms with Gasteiger partial charge in [0.15, 0.2) is 0 Å². The minimum atomic E-state index is 0.828. The normalized spacial score (nSPS) is 11.8. The summed E-state index contributed by atoms with van der Waals surface area (Å²) in [6.45, 7) is 0. The minimum absolute atomic E-state index is 0.828. The van der Waals surface area contributed by atoms with E-state index < -0.39 is 0 Å². The molecule has 0 atom stereocenters. The van der Waals surface area contributed by atoms with Gasteiger partial charge in [-0.2, -0.15) is 0 Å². The van der Waals surface area contributed by atoms with Gasteiger partial charge in [0.1, 0.15) is 17.2 Å². The summed E-state index contributed by atoms with van der Waals surface area (Å²) in [5.41, 5.74) is 10.2. The topological polar surface area (TPSA) is 42.5 Å². The molecule has 10 aromatic rings. The Bertz CT molecular complexity index is 2950. The predicted octanol–water partition coefficient (Wildman–Crippen LogP) is 11.0. The number of methoxy groups -OCH3 is 3. The highest BCUT2D eigenvalue weighted by Crippen LogP contribution is 2.45. The number of nitrogens with zero attached hydrogens (tertiary/aromatic N) is 3. The Hall–Kier alpha value is -6.66. The van der Waals surface area contributed by atoms with Gasteiger partial charge in [-0.25, -0.2) is 0 Å². The molecule has 0 aliphatic rings. The Morgan fingerprint density at radius 3 is 1.20 bits per heavy atom. The Balaban J connectivity index is 1.39. The molecule has 246 valence electrons. The summed E-state index contributed by atoms with van der Waals surface area (Å²) in [6, 6.07) is 51.7. The number of hydrogen-bond acceptors (Lipinski definition) is 3. The zero-order chi connectivity index (χ0) is 34.2. The van der Waals surface area contributed by atoms with Crippen LogP contribution in [0.1, 0.15) is 0 Å². The lowest BCUT2D eigenvalue weighted by atomic mass is 10.0. The summed E-state index contributed by atoms with van der Waals surface area (Å²) in [5.74, 6) is 2.50. The lowest BCUT2D eigenvalue weighted by Crippen LogP contribution is -1.95. The Morgan fingerprint density at radius 2 is 0.686 bits per heavy atom. The number of para-hydroxylation sites is 2. The van der Waals surface area contributed by atoms with Gasteiger partial charge in [-0.15, -0.1) is 0 Å². The van der Waals surface area contributed by atoms with Crippen molar-refractivity contribution in [3.63, 3.8) is 0 Å². The predicted molar refractivity (Wildman–Crippen MR) is 209 cm³/mol. The summed E-state index contributed by atoms with van der Waals surface area (Å²) in [4.78, 5) is 0. The van der Waals surface area contributed by atoms with E-state index in [0.717, 1.165) is 67.4 Å². The van der Waals surface area contributed by atoms with Crippen LogP contribution in [0.5, 0.6) is 17.2 Å². The van der Waals surface area contributed by atoms with Gasteiger partial charge >= 0.3 is 0 Å². The molecule has 0 spiro atoms. The van der Waals surface area contributed by atoms with Gasteiger partial charge in [0, 0.05) is 49.4 Å². The number of fused-ring (bicyclic) bond motifs is 10. The highest BCUT2D eigenvalue weighted by Gasteiger charge is 2.23. The van der Waals surface area contributed by atoms with E-state index >= 15 is 0 Å². The maximum atomic E-state index is 5.56. The van der Waals surface area contributed by atoms with Crippen molar-refractivity contribution in [1.29, 1.82) is 0 Å². The first-order valence-electron chi connectivity index (χ1n) is 17.0. The average molecular weight is 664 g/mol. The van der Waals surface area contributed by atoms with Gasteiger partial charge < -0.3 is 27.9 Å². The smallest absolute Gasteiger partial charge is 0.119 e. The van der Waals surface area contributed by atoms with Crippen molar-refractivity contribution in [3.8, 4) is 34.3 Å². The van der Waals surface area contributed by atoms with Gasteiger partial charge in [-0.1, -0.05) is 36.4 Å². The lowest BCUT2D eigenvalue weighted by Gasteiger charge is -2.10. The molecule has 3 aromatic heterocycles. The minimum Gasteiger partial charge on any atom is -0.497 e. The highest BCUT2D eigenvalue weighted by molar-refractivity contribution is 6.30. The molecule has 0 amide bonds. The van der Waals surface area contributed by atoms with Crippen molar-refractivity contribution in [2.24, 2.45) is 0 Å². The van der Waals surface area contributed by atoms with Crippen LogP contribution < -0.4 is 14.2 Å². The van der Waals surface area contributed by atoms with Crippen LogP contribution in [-0.4, -0.2) is 35.0 Å². The standard InChI is InChI=1S/C45H33N3O3/c1-49-31-18-12-28(13-19-31)46-39-11-7-5-9-35(39)44-40(46)24-25-41-45(44)37-27-42-36(26-43(37)48(41)30-16-22-33(51-3)23-17-30)34-8-4-6-10-38(34)47(42)29-14-20-32(50-2)21-15-29/h4-27H,1-3H3. The van der Waals surface area contributed by atoms with E-state index in [-0.39, 0.29) is 0 Å². The van der Waals surface area contributed by atoms with Gasteiger partial charge in [0.05, 0.1) is 54.4 Å². The van der Waals surface area contributed by atoms with E-state index in [1.165, 1.54) is 32.3 Å². The molecule has 0 aliphatic heterocycles. The molecule has 10 rings (SSSR count). The first-order valence-corrected chi connectivity index (χ1v) is 17.0. The van der Waals surface area contributed by atoms with Crippen LogP contribution in [-0.2, 0) is 0 Å². The van der Waals surface area contributed by atoms with Crippen molar-refractivity contribution >= 4 is 65.4 Å². The average Bonchev–Trinajstić information content (AvgIpc) is 3.82. The second-order valence-electron chi connectivity index (χ2n) is 12.9. The van der Waals surface area contributed by atoms with Crippen LogP contribution in [0.2, 0.25) is 0 Å². The van der Waals surface area contributed by atoms with Gasteiger partial charge in [-0.3, -0.25) is 0 Å². The van der Waals surface area contributed by atoms with Crippen LogP contribution in [0.25, 0.3) is 82.5 Å². The van der Waals surface area contributed by atoms with Gasteiger partial charge in [-0.05, 0) is 109 Å². The number of ether oxygens (including phenoxy) is 3. The fourth-order valence-corrected chi connectivity index (χ4v) is 8.06. The molecule has 0 bridgehead atoms. The summed E-state index contributed by atoms with van der Waals surface area (Å²) in [6.07, 6.45) is 0. The monoisotopic (exact) mass is 663 g/mol. The fraction of sp³-hybridized carbons (Fsp3) is 0.0667. The van der Waals surface area contributed by atoms with Crippen molar-refractivity contribution in [3.05, 3.63) is 146 Å². The van der Waals surface area contributed by atoms with Crippen molar-refractivity contribution in [1.82, 2.24) is 13.7 Å². The van der Waals surface area contributed by atoms with Crippen molar-refractivity contribution in [2.45, 2.75) is 0 Å². The van der Waals surface area contributed by atoms with Crippen LogP contribution in [0.4, 0.5) is 0 Å². The zero-order valence-corrected chi connectivity index (χ0v) is 28.4. The second kappa shape index (κ2) is 11.2. The number of rotatable bonds is 6. The zero-order valence-electron chi connectivity index (χ0n) is 28.4. The molecule has 0 fully saturated rings. The molecule has 6 heteroatoms. The summed E-state index contributed by atoms with van der Waals surface area (Å²) in [7, 11) is 5.12. The number of aromatic nitrogens is 3. The maximum absolute atomic E-state index is 5.56. The quantitative estimate of drug-likeness (QED) is 0.178. The third-order valence-electron chi connectivity index (χ3n) is 10.3. The molecule has 6 nitrogen and oxygen atoms in total. The van der Waals surface area contributed by atoms with E-state index in [4.69, 9.17) is 14.2 Å². The Morgan fingerprint density at radius 1 is 0.314 bits per heavy atom. The second-order valence-corrected chi connectivity index (χ2v) is 12.9. The molecule has 0 saturated carbocycles.